The lowest BCUT2D eigenvalue weighted by Crippen LogP contribution is -1.91. The van der Waals surface area contributed by atoms with Crippen molar-refractivity contribution in [2.45, 2.75) is 6.43 Å². The van der Waals surface area contributed by atoms with E-state index in [1.54, 1.807) is 0 Å². The van der Waals surface area contributed by atoms with Crippen LogP contribution in [0, 0.1) is 0 Å². The predicted molar refractivity (Wildman–Crippen MR) is 46.9 cm³/mol. The minimum Gasteiger partial charge on any atom is -0.242 e. The number of rotatable bonds is 1. The van der Waals surface area contributed by atoms with Crippen LogP contribution >= 0.6 is 39.1 Å². The summed E-state index contributed by atoms with van der Waals surface area (Å²) in [5, 5.41) is -0.323. The molecule has 66 valence electrons. The first-order valence-corrected chi connectivity index (χ1v) is 4.36. The standard InChI is InChI=1S/C6H2BrCl2F2N/c7-2-1-12-5(9)4(8)3(2)6(10)11/h1,6H. The number of hydrogen-bond acceptors (Lipinski definition) is 1. The molecule has 12 heavy (non-hydrogen) atoms. The first-order chi connectivity index (χ1) is 5.54. The van der Waals surface area contributed by atoms with Crippen LogP contribution in [-0.4, -0.2) is 4.98 Å². The molecule has 0 bridgehead atoms. The van der Waals surface area contributed by atoms with Crippen molar-refractivity contribution in [1.29, 1.82) is 0 Å². The van der Waals surface area contributed by atoms with Crippen molar-refractivity contribution in [2.24, 2.45) is 0 Å². The molecule has 0 fully saturated rings. The lowest BCUT2D eigenvalue weighted by Gasteiger charge is -2.05. The van der Waals surface area contributed by atoms with Crippen LogP contribution in [0.4, 0.5) is 8.78 Å². The fourth-order valence-corrected chi connectivity index (χ4v) is 1.63. The molecule has 1 nitrogen and oxygen atoms in total. The highest BCUT2D eigenvalue weighted by atomic mass is 79.9. The van der Waals surface area contributed by atoms with E-state index in [-0.39, 0.29) is 20.2 Å². The van der Waals surface area contributed by atoms with Crippen LogP contribution in [0.1, 0.15) is 12.0 Å². The van der Waals surface area contributed by atoms with Crippen molar-refractivity contribution >= 4 is 39.1 Å². The normalized spacial score (nSPS) is 10.8. The predicted octanol–water partition coefficient (Wildman–Crippen LogP) is 4.09. The number of hydrogen-bond donors (Lipinski definition) is 0. The van der Waals surface area contributed by atoms with Crippen molar-refractivity contribution in [3.63, 3.8) is 0 Å². The monoisotopic (exact) mass is 275 g/mol. The van der Waals surface area contributed by atoms with Gasteiger partial charge in [-0.2, -0.15) is 0 Å². The minimum absolute atomic E-state index is 0.116. The second-order valence-electron chi connectivity index (χ2n) is 1.93. The van der Waals surface area contributed by atoms with E-state index in [1.165, 1.54) is 6.20 Å². The van der Waals surface area contributed by atoms with E-state index in [9.17, 15) is 8.78 Å². The van der Waals surface area contributed by atoms with Gasteiger partial charge < -0.3 is 0 Å². The van der Waals surface area contributed by atoms with E-state index in [1.807, 2.05) is 0 Å². The van der Waals surface area contributed by atoms with Gasteiger partial charge in [-0.1, -0.05) is 23.2 Å². The number of aromatic nitrogens is 1. The SMILES string of the molecule is FC(F)c1c(Br)cnc(Cl)c1Cl. The average molecular weight is 277 g/mol. The molecule has 0 unspecified atom stereocenters. The second kappa shape index (κ2) is 3.85. The third-order valence-electron chi connectivity index (χ3n) is 1.18. The van der Waals surface area contributed by atoms with E-state index in [0.29, 0.717) is 0 Å². The Kier molecular flexibility index (Phi) is 3.26. The van der Waals surface area contributed by atoms with Gasteiger partial charge >= 0.3 is 0 Å². The molecule has 0 N–H and O–H groups in total. The molecule has 0 aromatic carbocycles. The lowest BCUT2D eigenvalue weighted by molar-refractivity contribution is 0.150. The fraction of sp³-hybridized carbons (Fsp3) is 0.167. The molecular formula is C6H2BrCl2F2N. The Morgan fingerprint density at radius 1 is 1.42 bits per heavy atom. The van der Waals surface area contributed by atoms with Gasteiger partial charge in [0, 0.05) is 10.7 Å². The maximum absolute atomic E-state index is 12.3. The van der Waals surface area contributed by atoms with Crippen LogP contribution in [0.2, 0.25) is 10.2 Å². The van der Waals surface area contributed by atoms with E-state index in [0.717, 1.165) is 0 Å². The summed E-state index contributed by atoms with van der Waals surface area (Å²) in [6.07, 6.45) is -1.47. The molecule has 1 aromatic heterocycles. The summed E-state index contributed by atoms with van der Waals surface area (Å²) >= 11 is 13.8. The molecule has 1 rings (SSSR count). The van der Waals surface area contributed by atoms with Crippen LogP contribution in [0.3, 0.4) is 0 Å². The average Bonchev–Trinajstić information content (AvgIpc) is 1.97. The smallest absolute Gasteiger partial charge is 0.242 e. The Hall–Kier alpha value is 0.0700. The number of pyridine rings is 1. The Balaban J connectivity index is 3.33. The third-order valence-corrected chi connectivity index (χ3v) is 2.58. The highest BCUT2D eigenvalue weighted by Crippen LogP contribution is 2.36. The van der Waals surface area contributed by atoms with Gasteiger partial charge in [0.25, 0.3) is 6.43 Å². The summed E-state index contributed by atoms with van der Waals surface area (Å²) in [4.78, 5) is 3.57. The van der Waals surface area contributed by atoms with E-state index >= 15 is 0 Å². The van der Waals surface area contributed by atoms with Gasteiger partial charge in [0.15, 0.2) is 0 Å². The van der Waals surface area contributed by atoms with Gasteiger partial charge in [-0.05, 0) is 15.9 Å². The van der Waals surface area contributed by atoms with Crippen molar-refractivity contribution < 1.29 is 8.78 Å². The van der Waals surface area contributed by atoms with Crippen LogP contribution in [-0.2, 0) is 0 Å². The van der Waals surface area contributed by atoms with Gasteiger partial charge in [0.2, 0.25) is 0 Å². The topological polar surface area (TPSA) is 12.9 Å². The molecule has 0 aliphatic carbocycles. The highest BCUT2D eigenvalue weighted by molar-refractivity contribution is 9.10. The van der Waals surface area contributed by atoms with Crippen LogP contribution in [0.15, 0.2) is 10.7 Å². The first kappa shape index (κ1) is 10.2. The molecule has 0 aliphatic rings. The van der Waals surface area contributed by atoms with Crippen LogP contribution < -0.4 is 0 Å². The van der Waals surface area contributed by atoms with Gasteiger partial charge in [0.1, 0.15) is 5.15 Å². The number of alkyl halides is 2. The molecule has 6 heteroatoms. The highest BCUT2D eigenvalue weighted by Gasteiger charge is 2.18. The van der Waals surface area contributed by atoms with Gasteiger partial charge in [-0.3, -0.25) is 0 Å². The van der Waals surface area contributed by atoms with E-state index < -0.39 is 6.43 Å². The Morgan fingerprint density at radius 3 is 2.42 bits per heavy atom. The zero-order chi connectivity index (χ0) is 9.30. The van der Waals surface area contributed by atoms with Crippen molar-refractivity contribution in [3.8, 4) is 0 Å². The van der Waals surface area contributed by atoms with E-state index in [2.05, 4.69) is 20.9 Å². The summed E-state index contributed by atoms with van der Waals surface area (Å²) in [5.74, 6) is 0. The molecule has 0 saturated carbocycles. The number of nitrogens with zero attached hydrogens (tertiary/aromatic N) is 1. The summed E-state index contributed by atoms with van der Waals surface area (Å²) in [5.41, 5.74) is -0.323. The molecule has 0 atom stereocenters. The van der Waals surface area contributed by atoms with Crippen LogP contribution in [0.5, 0.6) is 0 Å². The maximum atomic E-state index is 12.3. The molecule has 0 radical (unpaired) electrons. The molecule has 1 heterocycles. The molecule has 0 saturated heterocycles. The molecule has 0 spiro atoms. The Morgan fingerprint density at radius 2 is 2.00 bits per heavy atom. The third kappa shape index (κ3) is 1.87. The minimum atomic E-state index is -2.66. The van der Waals surface area contributed by atoms with Gasteiger partial charge in [-0.25, -0.2) is 13.8 Å². The molecular weight excluding hydrogens is 275 g/mol. The molecule has 0 aliphatic heterocycles. The second-order valence-corrected chi connectivity index (χ2v) is 3.52. The largest absolute Gasteiger partial charge is 0.266 e. The van der Waals surface area contributed by atoms with Crippen LogP contribution in [0.25, 0.3) is 0 Å². The summed E-state index contributed by atoms with van der Waals surface area (Å²) < 4.78 is 24.7. The fourth-order valence-electron chi connectivity index (χ4n) is 0.656. The Labute approximate surface area is 85.8 Å². The van der Waals surface area contributed by atoms with Crippen molar-refractivity contribution in [1.82, 2.24) is 4.98 Å². The summed E-state index contributed by atoms with van der Waals surface area (Å²) in [6, 6.07) is 0. The quantitative estimate of drug-likeness (QED) is 0.704. The van der Waals surface area contributed by atoms with Crippen molar-refractivity contribution in [3.05, 3.63) is 26.4 Å². The van der Waals surface area contributed by atoms with E-state index in [4.69, 9.17) is 23.2 Å². The lowest BCUT2D eigenvalue weighted by atomic mass is 10.3. The van der Waals surface area contributed by atoms with Gasteiger partial charge in [-0.15, -0.1) is 0 Å². The number of halogens is 5. The molecule has 0 amide bonds. The zero-order valence-corrected chi connectivity index (χ0v) is 8.59. The summed E-state index contributed by atoms with van der Waals surface area (Å²) in [6.45, 7) is 0. The van der Waals surface area contributed by atoms with Gasteiger partial charge in [0.05, 0.1) is 10.6 Å². The Bertz CT molecular complexity index is 306. The van der Waals surface area contributed by atoms with Crippen molar-refractivity contribution in [2.75, 3.05) is 0 Å². The maximum Gasteiger partial charge on any atom is 0.266 e. The first-order valence-electron chi connectivity index (χ1n) is 2.81. The zero-order valence-electron chi connectivity index (χ0n) is 5.49. The summed E-state index contributed by atoms with van der Waals surface area (Å²) in [7, 11) is 0. The molecule has 1 aromatic rings.